The Morgan fingerprint density at radius 3 is 2.35 bits per heavy atom. The van der Waals surface area contributed by atoms with Crippen molar-refractivity contribution >= 4 is 5.97 Å². The van der Waals surface area contributed by atoms with Gasteiger partial charge in [0.2, 0.25) is 0 Å². The van der Waals surface area contributed by atoms with Gasteiger partial charge in [0.05, 0.1) is 19.8 Å². The lowest BCUT2D eigenvalue weighted by atomic mass is 9.87. The van der Waals surface area contributed by atoms with E-state index in [0.29, 0.717) is 17.1 Å². The normalized spacial score (nSPS) is 14.0. The topological polar surface area (TPSA) is 55.8 Å². The van der Waals surface area contributed by atoms with Crippen LogP contribution >= 0.6 is 0 Å². The summed E-state index contributed by atoms with van der Waals surface area (Å²) in [5.41, 5.74) is 2.24. The molecule has 0 radical (unpaired) electrons. The van der Waals surface area contributed by atoms with Gasteiger partial charge in [-0.15, -0.1) is 0 Å². The van der Waals surface area contributed by atoms with Gasteiger partial charge in [0.1, 0.15) is 0 Å². The van der Waals surface area contributed by atoms with E-state index < -0.39 is 5.97 Å². The zero-order chi connectivity index (χ0) is 12.4. The molecule has 0 aromatic heterocycles. The lowest BCUT2D eigenvalue weighted by molar-refractivity contribution is 0.0695. The Bertz CT molecular complexity index is 451. The fraction of sp³-hybridized carbons (Fsp3) is 0.462. The van der Waals surface area contributed by atoms with E-state index in [1.807, 2.05) is 0 Å². The average molecular weight is 236 g/mol. The van der Waals surface area contributed by atoms with E-state index in [-0.39, 0.29) is 0 Å². The number of benzene rings is 1. The lowest BCUT2D eigenvalue weighted by Gasteiger charge is -2.22. The first kappa shape index (κ1) is 11.8. The van der Waals surface area contributed by atoms with E-state index >= 15 is 0 Å². The summed E-state index contributed by atoms with van der Waals surface area (Å²) < 4.78 is 10.6. The molecular formula is C13H16O4. The molecule has 1 aromatic carbocycles. The maximum absolute atomic E-state index is 11.2. The summed E-state index contributed by atoms with van der Waals surface area (Å²) >= 11 is 0. The van der Waals surface area contributed by atoms with Crippen LogP contribution in [-0.4, -0.2) is 25.3 Å². The highest BCUT2D eigenvalue weighted by Crippen LogP contribution is 2.39. The quantitative estimate of drug-likeness (QED) is 0.874. The number of ether oxygens (including phenoxy) is 2. The molecule has 0 unspecified atom stereocenters. The highest BCUT2D eigenvalue weighted by Gasteiger charge is 2.24. The highest BCUT2D eigenvalue weighted by molar-refractivity contribution is 5.91. The SMILES string of the molecule is COc1cc(C(=O)O)c2c(c1OC)CCCC2. The third kappa shape index (κ3) is 1.95. The van der Waals surface area contributed by atoms with Crippen LogP contribution in [0.15, 0.2) is 6.07 Å². The maximum atomic E-state index is 11.2. The third-order valence-electron chi connectivity index (χ3n) is 3.22. The predicted molar refractivity (Wildman–Crippen MR) is 63.1 cm³/mol. The molecule has 0 saturated heterocycles. The molecule has 2 rings (SSSR count). The van der Waals surface area contributed by atoms with Crippen LogP contribution in [0.25, 0.3) is 0 Å². The first-order chi connectivity index (χ1) is 8.19. The molecule has 0 spiro atoms. The molecule has 92 valence electrons. The fourth-order valence-electron chi connectivity index (χ4n) is 2.45. The number of fused-ring (bicyclic) bond motifs is 1. The molecule has 0 fully saturated rings. The van der Waals surface area contributed by atoms with Gasteiger partial charge in [-0.1, -0.05) is 0 Å². The van der Waals surface area contributed by atoms with Gasteiger partial charge in [-0.25, -0.2) is 4.79 Å². The molecule has 0 bridgehead atoms. The molecule has 1 aliphatic rings. The van der Waals surface area contributed by atoms with Crippen LogP contribution in [0, 0.1) is 0 Å². The number of rotatable bonds is 3. The molecular weight excluding hydrogens is 220 g/mol. The molecule has 0 aliphatic heterocycles. The van der Waals surface area contributed by atoms with Crippen molar-refractivity contribution in [1.29, 1.82) is 0 Å². The standard InChI is InChI=1S/C13H16O4/c1-16-11-7-10(13(14)15)8-5-3-4-6-9(8)12(11)17-2/h7H,3-6H2,1-2H3,(H,14,15). The zero-order valence-electron chi connectivity index (χ0n) is 10.1. The summed E-state index contributed by atoms with van der Waals surface area (Å²) in [7, 11) is 3.12. The monoisotopic (exact) mass is 236 g/mol. The maximum Gasteiger partial charge on any atom is 0.336 e. The average Bonchev–Trinajstić information content (AvgIpc) is 2.36. The van der Waals surface area contributed by atoms with Crippen LogP contribution in [0.1, 0.15) is 34.3 Å². The number of aromatic carboxylic acids is 1. The summed E-state index contributed by atoms with van der Waals surface area (Å²) in [5.74, 6) is 0.293. The van der Waals surface area contributed by atoms with Crippen molar-refractivity contribution in [2.24, 2.45) is 0 Å². The zero-order valence-corrected chi connectivity index (χ0v) is 10.1. The largest absolute Gasteiger partial charge is 0.493 e. The Kier molecular flexibility index (Phi) is 3.22. The second kappa shape index (κ2) is 4.65. The van der Waals surface area contributed by atoms with Gasteiger partial charge in [0.15, 0.2) is 11.5 Å². The van der Waals surface area contributed by atoms with Crippen molar-refractivity contribution in [1.82, 2.24) is 0 Å². The minimum atomic E-state index is -0.899. The molecule has 4 nitrogen and oxygen atoms in total. The summed E-state index contributed by atoms with van der Waals surface area (Å²) in [6.45, 7) is 0. The summed E-state index contributed by atoms with van der Waals surface area (Å²) in [6.07, 6.45) is 3.76. The van der Waals surface area contributed by atoms with Crippen molar-refractivity contribution in [2.75, 3.05) is 14.2 Å². The molecule has 17 heavy (non-hydrogen) atoms. The van der Waals surface area contributed by atoms with Gasteiger partial charge in [-0.3, -0.25) is 0 Å². The molecule has 1 N–H and O–H groups in total. The molecule has 4 heteroatoms. The van der Waals surface area contributed by atoms with Gasteiger partial charge in [-0.2, -0.15) is 0 Å². The summed E-state index contributed by atoms with van der Waals surface area (Å²) in [6, 6.07) is 1.56. The Labute approximate surface area is 100 Å². The van der Waals surface area contributed by atoms with Crippen LogP contribution in [0.2, 0.25) is 0 Å². The smallest absolute Gasteiger partial charge is 0.336 e. The van der Waals surface area contributed by atoms with Crippen LogP contribution in [-0.2, 0) is 12.8 Å². The molecule has 0 saturated carbocycles. The molecule has 1 aliphatic carbocycles. The van der Waals surface area contributed by atoms with Crippen molar-refractivity contribution in [3.05, 3.63) is 22.8 Å². The number of carbonyl (C=O) groups is 1. The van der Waals surface area contributed by atoms with Crippen LogP contribution in [0.3, 0.4) is 0 Å². The van der Waals surface area contributed by atoms with E-state index in [0.717, 1.165) is 36.8 Å². The first-order valence-corrected chi connectivity index (χ1v) is 5.69. The van der Waals surface area contributed by atoms with E-state index in [1.165, 1.54) is 7.11 Å². The Morgan fingerprint density at radius 1 is 1.18 bits per heavy atom. The number of carboxylic acid groups (broad SMARTS) is 1. The number of carboxylic acids is 1. The number of hydrogen-bond acceptors (Lipinski definition) is 3. The lowest BCUT2D eigenvalue weighted by Crippen LogP contribution is -2.12. The van der Waals surface area contributed by atoms with Gasteiger partial charge in [0.25, 0.3) is 0 Å². The van der Waals surface area contributed by atoms with E-state index in [4.69, 9.17) is 9.47 Å². The van der Waals surface area contributed by atoms with Crippen LogP contribution in [0.5, 0.6) is 11.5 Å². The van der Waals surface area contributed by atoms with Crippen molar-refractivity contribution in [3.63, 3.8) is 0 Å². The Balaban J connectivity index is 2.67. The van der Waals surface area contributed by atoms with Gasteiger partial charge in [0, 0.05) is 5.56 Å². The predicted octanol–water partition coefficient (Wildman–Crippen LogP) is 2.28. The van der Waals surface area contributed by atoms with Crippen molar-refractivity contribution in [2.45, 2.75) is 25.7 Å². The highest BCUT2D eigenvalue weighted by atomic mass is 16.5. The van der Waals surface area contributed by atoms with Crippen LogP contribution in [0.4, 0.5) is 0 Å². The summed E-state index contributed by atoms with van der Waals surface area (Å²) in [4.78, 5) is 11.2. The number of hydrogen-bond donors (Lipinski definition) is 1. The second-order valence-electron chi connectivity index (χ2n) is 4.13. The van der Waals surface area contributed by atoms with E-state index in [1.54, 1.807) is 13.2 Å². The molecule has 1 aromatic rings. The van der Waals surface area contributed by atoms with Crippen molar-refractivity contribution in [3.8, 4) is 11.5 Å². The first-order valence-electron chi connectivity index (χ1n) is 5.69. The fourth-order valence-corrected chi connectivity index (χ4v) is 2.45. The minimum absolute atomic E-state index is 0.345. The minimum Gasteiger partial charge on any atom is -0.493 e. The number of methoxy groups -OCH3 is 2. The molecule has 0 heterocycles. The van der Waals surface area contributed by atoms with Gasteiger partial charge >= 0.3 is 5.97 Å². The van der Waals surface area contributed by atoms with E-state index in [2.05, 4.69) is 0 Å². The molecule has 0 amide bonds. The van der Waals surface area contributed by atoms with Crippen molar-refractivity contribution < 1.29 is 19.4 Å². The van der Waals surface area contributed by atoms with Gasteiger partial charge < -0.3 is 14.6 Å². The summed E-state index contributed by atoms with van der Waals surface area (Å²) in [5, 5.41) is 9.23. The van der Waals surface area contributed by atoms with E-state index in [9.17, 15) is 9.90 Å². The molecule has 0 atom stereocenters. The van der Waals surface area contributed by atoms with Crippen LogP contribution < -0.4 is 9.47 Å². The second-order valence-corrected chi connectivity index (χ2v) is 4.13. The Hall–Kier alpha value is -1.71. The Morgan fingerprint density at radius 2 is 1.82 bits per heavy atom. The third-order valence-corrected chi connectivity index (χ3v) is 3.22. The van der Waals surface area contributed by atoms with Gasteiger partial charge in [-0.05, 0) is 37.3 Å².